The molecule has 4 nitrogen and oxygen atoms in total. The van der Waals surface area contributed by atoms with Crippen LogP contribution in [0.3, 0.4) is 0 Å². The molecule has 3 atom stereocenters. The van der Waals surface area contributed by atoms with Gasteiger partial charge in [0.15, 0.2) is 0 Å². The van der Waals surface area contributed by atoms with Crippen LogP contribution in [0.15, 0.2) is 66.3 Å². The number of rotatable bonds is 5. The van der Waals surface area contributed by atoms with Crippen molar-refractivity contribution in [3.8, 4) is 0 Å². The average molecular weight is 336 g/mol. The fourth-order valence-corrected chi connectivity index (χ4v) is 4.11. The van der Waals surface area contributed by atoms with Gasteiger partial charge in [0.05, 0.1) is 23.6 Å². The van der Waals surface area contributed by atoms with E-state index in [1.54, 1.807) is 0 Å². The second-order valence-electron chi connectivity index (χ2n) is 7.13. The van der Waals surface area contributed by atoms with Crippen molar-refractivity contribution >= 4 is 5.91 Å². The molecule has 1 saturated carbocycles. The topological polar surface area (TPSA) is 52.6 Å². The van der Waals surface area contributed by atoms with E-state index < -0.39 is 6.10 Å². The highest BCUT2D eigenvalue weighted by Crippen LogP contribution is 2.57. The minimum Gasteiger partial charge on any atom is -0.389 e. The molecule has 4 rings (SSSR count). The second kappa shape index (κ2) is 6.28. The molecule has 1 aromatic rings. The molecule has 130 valence electrons. The van der Waals surface area contributed by atoms with Gasteiger partial charge in [0.25, 0.3) is 0 Å². The molecule has 4 heteroatoms. The van der Waals surface area contributed by atoms with E-state index in [1.165, 1.54) is 0 Å². The van der Waals surface area contributed by atoms with E-state index >= 15 is 0 Å². The van der Waals surface area contributed by atoms with Crippen LogP contribution in [0.25, 0.3) is 0 Å². The summed E-state index contributed by atoms with van der Waals surface area (Å²) >= 11 is 0. The van der Waals surface area contributed by atoms with Crippen LogP contribution in [-0.4, -0.2) is 41.7 Å². The largest absolute Gasteiger partial charge is 0.389 e. The molecule has 1 amide bonds. The number of benzene rings is 1. The minimum atomic E-state index is -0.674. The van der Waals surface area contributed by atoms with Crippen molar-refractivity contribution in [2.24, 2.45) is 5.41 Å². The zero-order valence-electron chi connectivity index (χ0n) is 14.4. The first-order valence-electron chi connectivity index (χ1n) is 8.95. The Morgan fingerprint density at radius 2 is 2.04 bits per heavy atom. The van der Waals surface area contributed by atoms with E-state index in [4.69, 9.17) is 0 Å². The molecular weight excluding hydrogens is 312 g/mol. The first-order chi connectivity index (χ1) is 12.2. The van der Waals surface area contributed by atoms with Gasteiger partial charge in [0, 0.05) is 6.54 Å². The summed E-state index contributed by atoms with van der Waals surface area (Å²) in [6.07, 6.45) is 11.4. The predicted octanol–water partition coefficient (Wildman–Crippen LogP) is 2.35. The van der Waals surface area contributed by atoms with Gasteiger partial charge in [-0.3, -0.25) is 4.79 Å². The number of aliphatic hydroxyl groups is 1. The number of carbonyl (C=O) groups is 1. The standard InChI is InChI=1S/C21H24N2O2/c1-22-14-18(24)19(15-7-3-2-4-8-15)23-17-10-6-5-9-16(13-17)21(11-12-21)20(23)25/h2-10,13,17-19,22,24H,11-12,14H2,1H3. The first-order valence-corrected chi connectivity index (χ1v) is 8.95. The van der Waals surface area contributed by atoms with Crippen molar-refractivity contribution in [1.29, 1.82) is 0 Å². The highest BCUT2D eigenvalue weighted by atomic mass is 16.3. The molecule has 3 aliphatic rings. The van der Waals surface area contributed by atoms with Gasteiger partial charge in [-0.1, -0.05) is 60.7 Å². The molecule has 1 heterocycles. The molecule has 0 aromatic heterocycles. The number of hydrogen-bond acceptors (Lipinski definition) is 3. The number of nitrogens with one attached hydrogen (secondary N) is 1. The highest BCUT2D eigenvalue weighted by Gasteiger charge is 2.58. The number of likely N-dealkylation sites (N-methyl/N-ethyl adjacent to an activating group) is 1. The van der Waals surface area contributed by atoms with Crippen LogP contribution in [0.5, 0.6) is 0 Å². The summed E-state index contributed by atoms with van der Waals surface area (Å²) in [6, 6.07) is 9.37. The minimum absolute atomic E-state index is 0.125. The van der Waals surface area contributed by atoms with Crippen LogP contribution in [-0.2, 0) is 4.79 Å². The zero-order chi connectivity index (χ0) is 17.4. The molecule has 1 spiro atoms. The molecule has 2 N–H and O–H groups in total. The lowest BCUT2D eigenvalue weighted by Crippen LogP contribution is -2.52. The third-order valence-corrected chi connectivity index (χ3v) is 5.53. The molecular formula is C21H24N2O2. The van der Waals surface area contributed by atoms with Crippen molar-refractivity contribution in [3.05, 3.63) is 71.8 Å². The summed E-state index contributed by atoms with van der Waals surface area (Å²) in [5, 5.41) is 13.9. The summed E-state index contributed by atoms with van der Waals surface area (Å²) in [5.41, 5.74) is 1.74. The monoisotopic (exact) mass is 336 g/mol. The number of aliphatic hydroxyl groups excluding tert-OH is 1. The molecule has 1 aliphatic heterocycles. The Bertz CT molecular complexity index is 746. The zero-order valence-corrected chi connectivity index (χ0v) is 14.4. The Kier molecular flexibility index (Phi) is 4.10. The van der Waals surface area contributed by atoms with Crippen LogP contribution >= 0.6 is 0 Å². The summed E-state index contributed by atoms with van der Waals surface area (Å²) in [6.45, 7) is 0.432. The van der Waals surface area contributed by atoms with Crippen molar-refractivity contribution < 1.29 is 9.90 Å². The quantitative estimate of drug-likeness (QED) is 0.868. The molecule has 0 radical (unpaired) electrons. The lowest BCUT2D eigenvalue weighted by molar-refractivity contribution is -0.143. The van der Waals surface area contributed by atoms with Crippen molar-refractivity contribution in [1.82, 2.24) is 10.2 Å². The van der Waals surface area contributed by atoms with Gasteiger partial charge in [0.1, 0.15) is 0 Å². The Balaban J connectivity index is 1.79. The van der Waals surface area contributed by atoms with Gasteiger partial charge >= 0.3 is 0 Å². The highest BCUT2D eigenvalue weighted by molar-refractivity contribution is 5.92. The average Bonchev–Trinajstić information content (AvgIpc) is 3.42. The number of carbonyl (C=O) groups excluding carboxylic acids is 1. The molecule has 2 aliphatic carbocycles. The molecule has 1 aromatic carbocycles. The van der Waals surface area contributed by atoms with Gasteiger partial charge < -0.3 is 15.3 Å². The second-order valence-corrected chi connectivity index (χ2v) is 7.13. The normalized spacial score (nSPS) is 25.5. The molecule has 3 unspecified atom stereocenters. The molecule has 2 bridgehead atoms. The van der Waals surface area contributed by atoms with E-state index in [-0.39, 0.29) is 23.4 Å². The third-order valence-electron chi connectivity index (χ3n) is 5.53. The molecule has 1 fully saturated rings. The number of allylic oxidation sites excluding steroid dienone is 3. The lowest BCUT2D eigenvalue weighted by atomic mass is 9.85. The van der Waals surface area contributed by atoms with Crippen LogP contribution in [0.4, 0.5) is 0 Å². The van der Waals surface area contributed by atoms with Gasteiger partial charge in [-0.15, -0.1) is 0 Å². The van der Waals surface area contributed by atoms with Gasteiger partial charge in [-0.25, -0.2) is 0 Å². The van der Waals surface area contributed by atoms with Crippen molar-refractivity contribution in [3.63, 3.8) is 0 Å². The summed E-state index contributed by atoms with van der Waals surface area (Å²) < 4.78 is 0. The molecule has 25 heavy (non-hydrogen) atoms. The SMILES string of the molecule is CNCC(O)C(c1ccccc1)N1C(=O)C2(CC2)C2=CC1C=CC=C2. The Labute approximate surface area is 148 Å². The maximum absolute atomic E-state index is 13.5. The number of amides is 1. The van der Waals surface area contributed by atoms with Crippen LogP contribution < -0.4 is 5.32 Å². The van der Waals surface area contributed by atoms with E-state index in [0.29, 0.717) is 6.54 Å². The maximum Gasteiger partial charge on any atom is 0.234 e. The van der Waals surface area contributed by atoms with Gasteiger partial charge in [0.2, 0.25) is 5.91 Å². The van der Waals surface area contributed by atoms with Crippen molar-refractivity contribution in [2.45, 2.75) is 31.0 Å². The smallest absolute Gasteiger partial charge is 0.234 e. The molecule has 0 saturated heterocycles. The van der Waals surface area contributed by atoms with Crippen LogP contribution in [0.2, 0.25) is 0 Å². The van der Waals surface area contributed by atoms with Crippen molar-refractivity contribution in [2.75, 3.05) is 13.6 Å². The summed E-state index contributed by atoms with van der Waals surface area (Å²) in [5.74, 6) is 0.148. The van der Waals surface area contributed by atoms with E-state index in [9.17, 15) is 9.90 Å². The van der Waals surface area contributed by atoms with E-state index in [2.05, 4.69) is 17.5 Å². The Morgan fingerprint density at radius 3 is 2.72 bits per heavy atom. The Morgan fingerprint density at radius 1 is 1.28 bits per heavy atom. The van der Waals surface area contributed by atoms with Gasteiger partial charge in [-0.2, -0.15) is 0 Å². The number of hydrogen-bond donors (Lipinski definition) is 2. The fraction of sp³-hybridized carbons (Fsp3) is 0.381. The van der Waals surface area contributed by atoms with Gasteiger partial charge in [-0.05, 0) is 31.0 Å². The summed E-state index contributed by atoms with van der Waals surface area (Å²) in [7, 11) is 1.82. The number of fused-ring (bicyclic) bond motifs is 2. The Hall–Kier alpha value is -2.17. The van der Waals surface area contributed by atoms with Crippen LogP contribution in [0, 0.1) is 5.41 Å². The summed E-state index contributed by atoms with van der Waals surface area (Å²) in [4.78, 5) is 15.4. The predicted molar refractivity (Wildman–Crippen MR) is 97.8 cm³/mol. The van der Waals surface area contributed by atoms with E-state index in [1.807, 2.05) is 60.5 Å². The number of nitrogens with zero attached hydrogens (tertiary/aromatic N) is 1. The fourth-order valence-electron chi connectivity index (χ4n) is 4.11. The lowest BCUT2D eigenvalue weighted by Gasteiger charge is -2.43. The first kappa shape index (κ1) is 16.3. The maximum atomic E-state index is 13.5. The van der Waals surface area contributed by atoms with E-state index in [0.717, 1.165) is 24.0 Å². The van der Waals surface area contributed by atoms with Crippen LogP contribution in [0.1, 0.15) is 24.4 Å². The third kappa shape index (κ3) is 2.66.